The lowest BCUT2D eigenvalue weighted by Gasteiger charge is -2.15. The third-order valence-corrected chi connectivity index (χ3v) is 5.57. The number of H-pyrrole nitrogens is 1. The molecule has 0 spiro atoms. The molecule has 2 heterocycles. The Bertz CT molecular complexity index is 1310. The Balaban J connectivity index is 1.31. The molecule has 0 radical (unpaired) electrons. The second-order valence-electron chi connectivity index (χ2n) is 7.78. The van der Waals surface area contributed by atoms with E-state index < -0.39 is 0 Å². The molecule has 1 aromatic heterocycles. The minimum atomic E-state index is -0.324. The van der Waals surface area contributed by atoms with Gasteiger partial charge in [-0.2, -0.15) is 0 Å². The normalized spacial score (nSPS) is 14.0. The van der Waals surface area contributed by atoms with Gasteiger partial charge in [-0.1, -0.05) is 36.4 Å². The molecular formula is C25H20N4O3. The first-order valence-corrected chi connectivity index (χ1v) is 10.3. The summed E-state index contributed by atoms with van der Waals surface area (Å²) in [7, 11) is 0. The SMILES string of the molecule is CC(NC(=O)c1cccc(CN2C(=O)c3ccccc3C2=O)c1)c1nc2ccccc2[nH]1. The van der Waals surface area contributed by atoms with E-state index in [2.05, 4.69) is 15.3 Å². The van der Waals surface area contributed by atoms with E-state index in [4.69, 9.17) is 0 Å². The lowest BCUT2D eigenvalue weighted by atomic mass is 10.1. The van der Waals surface area contributed by atoms with Gasteiger partial charge in [0.2, 0.25) is 0 Å². The molecule has 3 aromatic carbocycles. The van der Waals surface area contributed by atoms with E-state index in [9.17, 15) is 14.4 Å². The summed E-state index contributed by atoms with van der Waals surface area (Å²) in [6.45, 7) is 1.96. The number of amides is 3. The van der Waals surface area contributed by atoms with Crippen LogP contribution in [-0.2, 0) is 6.54 Å². The van der Waals surface area contributed by atoms with Crippen LogP contribution < -0.4 is 5.32 Å². The van der Waals surface area contributed by atoms with E-state index in [0.717, 1.165) is 11.0 Å². The van der Waals surface area contributed by atoms with Gasteiger partial charge in [0.1, 0.15) is 5.82 Å². The van der Waals surface area contributed by atoms with Gasteiger partial charge in [0.05, 0.1) is 34.7 Å². The Labute approximate surface area is 184 Å². The molecule has 0 saturated carbocycles. The van der Waals surface area contributed by atoms with Crippen molar-refractivity contribution in [2.45, 2.75) is 19.5 Å². The summed E-state index contributed by atoms with van der Waals surface area (Å²) in [5, 5.41) is 2.95. The van der Waals surface area contributed by atoms with Gasteiger partial charge in [-0.3, -0.25) is 19.3 Å². The highest BCUT2D eigenvalue weighted by molar-refractivity contribution is 6.21. The monoisotopic (exact) mass is 424 g/mol. The fourth-order valence-corrected chi connectivity index (χ4v) is 3.90. The second-order valence-corrected chi connectivity index (χ2v) is 7.78. The molecular weight excluding hydrogens is 404 g/mol. The van der Waals surface area contributed by atoms with E-state index >= 15 is 0 Å². The van der Waals surface area contributed by atoms with Crippen molar-refractivity contribution in [3.8, 4) is 0 Å². The lowest BCUT2D eigenvalue weighted by molar-refractivity contribution is 0.0642. The van der Waals surface area contributed by atoms with Gasteiger partial charge in [-0.25, -0.2) is 4.98 Å². The predicted molar refractivity (Wildman–Crippen MR) is 119 cm³/mol. The maximum Gasteiger partial charge on any atom is 0.261 e. The molecule has 0 bridgehead atoms. The Morgan fingerprint density at radius 1 is 0.969 bits per heavy atom. The third-order valence-electron chi connectivity index (χ3n) is 5.57. The first-order chi connectivity index (χ1) is 15.5. The molecule has 0 aliphatic carbocycles. The van der Waals surface area contributed by atoms with Crippen molar-refractivity contribution in [3.05, 3.63) is 101 Å². The number of carbonyl (C=O) groups is 3. The number of hydrogen-bond acceptors (Lipinski definition) is 4. The molecule has 0 fully saturated rings. The van der Waals surface area contributed by atoms with Crippen molar-refractivity contribution in [1.82, 2.24) is 20.2 Å². The summed E-state index contributed by atoms with van der Waals surface area (Å²) in [6.07, 6.45) is 0. The maximum atomic E-state index is 12.8. The number of benzene rings is 3. The summed E-state index contributed by atoms with van der Waals surface area (Å²) in [5.41, 5.74) is 3.71. The van der Waals surface area contributed by atoms with Crippen LogP contribution in [0.4, 0.5) is 0 Å². The number of aromatic nitrogens is 2. The van der Waals surface area contributed by atoms with E-state index in [1.165, 1.54) is 4.90 Å². The average molecular weight is 424 g/mol. The minimum Gasteiger partial charge on any atom is -0.342 e. The van der Waals surface area contributed by atoms with Crippen molar-refractivity contribution >= 4 is 28.8 Å². The molecule has 2 N–H and O–H groups in total. The van der Waals surface area contributed by atoms with E-state index in [1.807, 2.05) is 31.2 Å². The zero-order valence-corrected chi connectivity index (χ0v) is 17.3. The highest BCUT2D eigenvalue weighted by Gasteiger charge is 2.35. The van der Waals surface area contributed by atoms with E-state index in [1.54, 1.807) is 48.5 Å². The van der Waals surface area contributed by atoms with Crippen LogP contribution >= 0.6 is 0 Å². The van der Waals surface area contributed by atoms with Crippen LogP contribution in [0.15, 0.2) is 72.8 Å². The molecule has 1 aliphatic rings. The third kappa shape index (κ3) is 3.43. The molecule has 3 amide bonds. The van der Waals surface area contributed by atoms with Crippen LogP contribution in [0.3, 0.4) is 0 Å². The molecule has 32 heavy (non-hydrogen) atoms. The number of hydrogen-bond donors (Lipinski definition) is 2. The van der Waals surface area contributed by atoms with E-state index in [0.29, 0.717) is 28.1 Å². The quantitative estimate of drug-likeness (QED) is 0.476. The number of fused-ring (bicyclic) bond motifs is 2. The lowest BCUT2D eigenvalue weighted by Crippen LogP contribution is -2.30. The number of para-hydroxylation sites is 2. The number of aromatic amines is 1. The molecule has 1 atom stereocenters. The fourth-order valence-electron chi connectivity index (χ4n) is 3.90. The first-order valence-electron chi connectivity index (χ1n) is 10.3. The van der Waals surface area contributed by atoms with Crippen LogP contribution in [-0.4, -0.2) is 32.6 Å². The second kappa shape index (κ2) is 7.77. The summed E-state index contributed by atoms with van der Waals surface area (Å²) in [4.78, 5) is 47.0. The van der Waals surface area contributed by atoms with Gasteiger partial charge in [0.25, 0.3) is 17.7 Å². The van der Waals surface area contributed by atoms with E-state index in [-0.39, 0.29) is 30.3 Å². The van der Waals surface area contributed by atoms with Crippen molar-refractivity contribution in [2.75, 3.05) is 0 Å². The highest BCUT2D eigenvalue weighted by Crippen LogP contribution is 2.24. The molecule has 7 heteroatoms. The Morgan fingerprint density at radius 3 is 2.38 bits per heavy atom. The predicted octanol–water partition coefficient (Wildman–Crippen LogP) is 3.85. The molecule has 7 nitrogen and oxygen atoms in total. The minimum absolute atomic E-state index is 0.104. The zero-order valence-electron chi connectivity index (χ0n) is 17.3. The molecule has 0 saturated heterocycles. The number of rotatable bonds is 5. The largest absolute Gasteiger partial charge is 0.342 e. The average Bonchev–Trinajstić information content (AvgIpc) is 3.35. The molecule has 1 aliphatic heterocycles. The topological polar surface area (TPSA) is 95.2 Å². The molecule has 5 rings (SSSR count). The number of nitrogens with one attached hydrogen (secondary N) is 2. The first kappa shape index (κ1) is 19.7. The van der Waals surface area contributed by atoms with Crippen molar-refractivity contribution < 1.29 is 14.4 Å². The summed E-state index contributed by atoms with van der Waals surface area (Å²) < 4.78 is 0. The Morgan fingerprint density at radius 2 is 1.66 bits per heavy atom. The van der Waals surface area contributed by atoms with Crippen LogP contribution in [0.2, 0.25) is 0 Å². The van der Waals surface area contributed by atoms with Crippen molar-refractivity contribution in [3.63, 3.8) is 0 Å². The van der Waals surface area contributed by atoms with Gasteiger partial charge >= 0.3 is 0 Å². The zero-order chi connectivity index (χ0) is 22.2. The molecule has 158 valence electrons. The summed E-state index contributed by atoms with van der Waals surface area (Å²) in [6, 6.07) is 21.1. The van der Waals surface area contributed by atoms with Crippen molar-refractivity contribution in [1.29, 1.82) is 0 Å². The van der Waals surface area contributed by atoms with Crippen LogP contribution in [0.5, 0.6) is 0 Å². The Hall–Kier alpha value is -4.26. The van der Waals surface area contributed by atoms with Crippen LogP contribution in [0.25, 0.3) is 11.0 Å². The number of carbonyl (C=O) groups excluding carboxylic acids is 3. The fraction of sp³-hybridized carbons (Fsp3) is 0.120. The molecule has 1 unspecified atom stereocenters. The summed E-state index contributed by atoms with van der Waals surface area (Å²) >= 11 is 0. The van der Waals surface area contributed by atoms with Gasteiger partial charge in [-0.15, -0.1) is 0 Å². The Kier molecular flexibility index (Phi) is 4.78. The van der Waals surface area contributed by atoms with Crippen LogP contribution in [0.1, 0.15) is 55.4 Å². The van der Waals surface area contributed by atoms with Gasteiger partial charge in [0.15, 0.2) is 0 Å². The molecule has 4 aromatic rings. The van der Waals surface area contributed by atoms with Gasteiger partial charge in [-0.05, 0) is 48.9 Å². The van der Waals surface area contributed by atoms with Gasteiger partial charge < -0.3 is 10.3 Å². The summed E-state index contributed by atoms with van der Waals surface area (Å²) in [5.74, 6) is -0.234. The highest BCUT2D eigenvalue weighted by atomic mass is 16.2. The standard InChI is InChI=1S/C25H20N4O3/c1-15(22-27-20-11-4-5-12-21(20)28-22)26-23(30)17-8-6-7-16(13-17)14-29-24(31)18-9-2-3-10-19(18)25(29)32/h2-13,15H,14H2,1H3,(H,26,30)(H,27,28). The number of imidazole rings is 1. The van der Waals surface area contributed by atoms with Crippen molar-refractivity contribution in [2.24, 2.45) is 0 Å². The number of imide groups is 1. The number of nitrogens with zero attached hydrogens (tertiary/aromatic N) is 2. The van der Waals surface area contributed by atoms with Gasteiger partial charge in [0, 0.05) is 5.56 Å². The van der Waals surface area contributed by atoms with Crippen LogP contribution in [0, 0.1) is 0 Å². The smallest absolute Gasteiger partial charge is 0.261 e. The maximum absolute atomic E-state index is 12.8.